The number of carbonyl (C=O) groups excluding carboxylic acids is 2. The number of hydrogen-bond donors (Lipinski definition) is 2. The lowest BCUT2D eigenvalue weighted by Crippen LogP contribution is -2.34. The summed E-state index contributed by atoms with van der Waals surface area (Å²) in [7, 11) is 0. The Morgan fingerprint density at radius 3 is 2.50 bits per heavy atom. The first-order chi connectivity index (χ1) is 13.7. The normalized spacial score (nSPS) is 14.8. The quantitative estimate of drug-likeness (QED) is 0.571. The first-order valence-corrected chi connectivity index (χ1v) is 9.97. The minimum Gasteiger partial charge on any atom is -0.462 e. The van der Waals surface area contributed by atoms with Gasteiger partial charge in [-0.05, 0) is 44.0 Å². The summed E-state index contributed by atoms with van der Waals surface area (Å²) in [5.41, 5.74) is 2.19. The molecule has 1 heterocycles. The number of esters is 1. The zero-order valence-corrected chi connectivity index (χ0v) is 16.2. The van der Waals surface area contributed by atoms with Crippen molar-refractivity contribution in [1.29, 1.82) is 0 Å². The number of aromatic nitrogens is 1. The van der Waals surface area contributed by atoms with Crippen LogP contribution >= 0.6 is 0 Å². The molecule has 1 fully saturated rings. The third-order valence-corrected chi connectivity index (χ3v) is 4.89. The topological polar surface area (TPSA) is 80.3 Å². The van der Waals surface area contributed by atoms with Crippen LogP contribution in [0.25, 0.3) is 0 Å². The van der Waals surface area contributed by atoms with Crippen LogP contribution in [0.2, 0.25) is 0 Å². The van der Waals surface area contributed by atoms with Crippen LogP contribution in [-0.2, 0) is 4.74 Å². The van der Waals surface area contributed by atoms with Crippen LogP contribution in [-0.4, -0.2) is 29.5 Å². The molecule has 1 aliphatic rings. The van der Waals surface area contributed by atoms with E-state index < -0.39 is 0 Å². The summed E-state index contributed by atoms with van der Waals surface area (Å²) in [6.45, 7) is 2.09. The van der Waals surface area contributed by atoms with E-state index in [-0.39, 0.29) is 17.9 Å². The zero-order valence-electron chi connectivity index (χ0n) is 16.2. The van der Waals surface area contributed by atoms with Crippen molar-refractivity contribution in [3.05, 3.63) is 53.9 Å². The minimum absolute atomic E-state index is 0.134. The SMILES string of the molecule is CCOC(=O)c1ccccc1Nc1ccc(C(=O)NC2CCCCCC2)nc1. The van der Waals surface area contributed by atoms with Gasteiger partial charge in [-0.3, -0.25) is 4.79 Å². The lowest BCUT2D eigenvalue weighted by atomic mass is 10.1. The molecule has 0 unspecified atom stereocenters. The number of anilines is 2. The van der Waals surface area contributed by atoms with Crippen LogP contribution in [0.4, 0.5) is 11.4 Å². The maximum atomic E-state index is 12.5. The molecule has 0 aliphatic heterocycles. The number of rotatable bonds is 6. The summed E-state index contributed by atoms with van der Waals surface area (Å²) < 4.78 is 5.09. The number of nitrogens with zero attached hydrogens (tertiary/aromatic N) is 1. The second kappa shape index (κ2) is 9.88. The molecule has 148 valence electrons. The van der Waals surface area contributed by atoms with Gasteiger partial charge in [0.25, 0.3) is 5.91 Å². The van der Waals surface area contributed by atoms with Crippen molar-refractivity contribution in [2.24, 2.45) is 0 Å². The maximum Gasteiger partial charge on any atom is 0.340 e. The Balaban J connectivity index is 1.65. The van der Waals surface area contributed by atoms with E-state index in [9.17, 15) is 9.59 Å². The highest BCUT2D eigenvalue weighted by atomic mass is 16.5. The van der Waals surface area contributed by atoms with Gasteiger partial charge in [-0.2, -0.15) is 0 Å². The Labute approximate surface area is 165 Å². The third kappa shape index (κ3) is 5.31. The smallest absolute Gasteiger partial charge is 0.340 e. The molecule has 1 aromatic heterocycles. The summed E-state index contributed by atoms with van der Waals surface area (Å²) in [5, 5.41) is 6.27. The van der Waals surface area contributed by atoms with Gasteiger partial charge in [-0.15, -0.1) is 0 Å². The molecule has 0 radical (unpaired) electrons. The maximum absolute atomic E-state index is 12.5. The number of benzene rings is 1. The molecule has 2 aromatic rings. The number of nitrogens with one attached hydrogen (secondary N) is 2. The van der Waals surface area contributed by atoms with Crippen molar-refractivity contribution in [1.82, 2.24) is 10.3 Å². The third-order valence-electron chi connectivity index (χ3n) is 4.89. The highest BCUT2D eigenvalue weighted by Gasteiger charge is 2.17. The molecular formula is C22H27N3O3. The molecule has 1 amide bonds. The second-order valence-corrected chi connectivity index (χ2v) is 6.99. The van der Waals surface area contributed by atoms with Gasteiger partial charge < -0.3 is 15.4 Å². The van der Waals surface area contributed by atoms with Gasteiger partial charge in [0.15, 0.2) is 0 Å². The highest BCUT2D eigenvalue weighted by Crippen LogP contribution is 2.22. The van der Waals surface area contributed by atoms with Gasteiger partial charge in [-0.1, -0.05) is 37.8 Å². The summed E-state index contributed by atoms with van der Waals surface area (Å²) in [6.07, 6.45) is 8.51. The van der Waals surface area contributed by atoms with Gasteiger partial charge in [-0.25, -0.2) is 9.78 Å². The molecule has 1 aliphatic carbocycles. The predicted molar refractivity (Wildman–Crippen MR) is 109 cm³/mol. The Kier molecular flexibility index (Phi) is 7.00. The largest absolute Gasteiger partial charge is 0.462 e. The highest BCUT2D eigenvalue weighted by molar-refractivity contribution is 5.96. The molecular weight excluding hydrogens is 354 g/mol. The molecule has 6 nitrogen and oxygen atoms in total. The van der Waals surface area contributed by atoms with Crippen molar-refractivity contribution in [3.8, 4) is 0 Å². The van der Waals surface area contributed by atoms with Crippen molar-refractivity contribution >= 4 is 23.3 Å². The molecule has 1 aromatic carbocycles. The van der Waals surface area contributed by atoms with Gasteiger partial charge in [0.1, 0.15) is 5.69 Å². The van der Waals surface area contributed by atoms with Crippen molar-refractivity contribution in [2.75, 3.05) is 11.9 Å². The summed E-state index contributed by atoms with van der Waals surface area (Å²) in [5.74, 6) is -0.511. The fourth-order valence-corrected chi connectivity index (χ4v) is 3.42. The average molecular weight is 381 g/mol. The molecule has 0 spiro atoms. The van der Waals surface area contributed by atoms with Gasteiger partial charge >= 0.3 is 5.97 Å². The van der Waals surface area contributed by atoms with Crippen LogP contribution < -0.4 is 10.6 Å². The average Bonchev–Trinajstić information content (AvgIpc) is 2.98. The molecule has 0 atom stereocenters. The molecule has 1 saturated carbocycles. The van der Waals surface area contributed by atoms with Crippen LogP contribution in [0, 0.1) is 0 Å². The molecule has 6 heteroatoms. The van der Waals surface area contributed by atoms with E-state index in [2.05, 4.69) is 15.6 Å². The van der Waals surface area contributed by atoms with Crippen LogP contribution in [0.1, 0.15) is 66.3 Å². The first kappa shape index (κ1) is 19.9. The van der Waals surface area contributed by atoms with E-state index in [0.717, 1.165) is 12.8 Å². The number of pyridine rings is 1. The molecule has 0 saturated heterocycles. The Morgan fingerprint density at radius 2 is 1.82 bits per heavy atom. The number of hydrogen-bond acceptors (Lipinski definition) is 5. The van der Waals surface area contributed by atoms with Gasteiger partial charge in [0.2, 0.25) is 0 Å². The van der Waals surface area contributed by atoms with Crippen molar-refractivity contribution < 1.29 is 14.3 Å². The van der Waals surface area contributed by atoms with Gasteiger partial charge in [0, 0.05) is 6.04 Å². The fourth-order valence-electron chi connectivity index (χ4n) is 3.42. The summed E-state index contributed by atoms with van der Waals surface area (Å²) in [6, 6.07) is 10.9. The standard InChI is InChI=1S/C22H27N3O3/c1-2-28-22(27)18-11-7-8-12-19(18)24-17-13-14-20(23-15-17)21(26)25-16-9-5-3-4-6-10-16/h7-8,11-16,24H,2-6,9-10H2,1H3,(H,25,26). The van der Waals surface area contributed by atoms with E-state index >= 15 is 0 Å². The minimum atomic E-state index is -0.377. The van der Waals surface area contributed by atoms with E-state index in [0.29, 0.717) is 29.2 Å². The molecule has 2 N–H and O–H groups in total. The summed E-state index contributed by atoms with van der Waals surface area (Å²) >= 11 is 0. The Hall–Kier alpha value is -2.89. The van der Waals surface area contributed by atoms with Crippen LogP contribution in [0.3, 0.4) is 0 Å². The number of ether oxygens (including phenoxy) is 1. The lowest BCUT2D eigenvalue weighted by Gasteiger charge is -2.16. The fraction of sp³-hybridized carbons (Fsp3) is 0.409. The van der Waals surface area contributed by atoms with Crippen molar-refractivity contribution in [2.45, 2.75) is 51.5 Å². The predicted octanol–water partition coefficient (Wildman–Crippen LogP) is 4.45. The van der Waals surface area contributed by atoms with Crippen molar-refractivity contribution in [3.63, 3.8) is 0 Å². The van der Waals surface area contributed by atoms with Gasteiger partial charge in [0.05, 0.1) is 29.7 Å². The van der Waals surface area contributed by atoms with E-state index in [1.807, 2.05) is 6.07 Å². The summed E-state index contributed by atoms with van der Waals surface area (Å²) in [4.78, 5) is 28.8. The molecule has 3 rings (SSSR count). The van der Waals surface area contributed by atoms with E-state index in [1.165, 1.54) is 25.7 Å². The monoisotopic (exact) mass is 381 g/mol. The number of carbonyl (C=O) groups is 2. The number of para-hydroxylation sites is 1. The van der Waals surface area contributed by atoms with Crippen LogP contribution in [0.15, 0.2) is 42.6 Å². The number of amides is 1. The van der Waals surface area contributed by atoms with E-state index in [1.54, 1.807) is 43.5 Å². The Bertz CT molecular complexity index is 797. The lowest BCUT2D eigenvalue weighted by molar-refractivity contribution is 0.0527. The zero-order chi connectivity index (χ0) is 19.8. The van der Waals surface area contributed by atoms with E-state index in [4.69, 9.17) is 4.74 Å². The molecule has 28 heavy (non-hydrogen) atoms. The second-order valence-electron chi connectivity index (χ2n) is 6.99. The van der Waals surface area contributed by atoms with Crippen LogP contribution in [0.5, 0.6) is 0 Å². The first-order valence-electron chi connectivity index (χ1n) is 9.97. The molecule has 0 bridgehead atoms. The Morgan fingerprint density at radius 1 is 1.07 bits per heavy atom.